The van der Waals surface area contributed by atoms with Crippen LogP contribution in [-0.4, -0.2) is 51.6 Å². The molecule has 0 unspecified atom stereocenters. The molecule has 2 rings (SSSR count). The van der Waals surface area contributed by atoms with E-state index in [1.54, 1.807) is 18.0 Å². The van der Waals surface area contributed by atoms with Crippen LogP contribution in [0.25, 0.3) is 0 Å². The molecule has 1 saturated heterocycles. The van der Waals surface area contributed by atoms with Crippen molar-refractivity contribution >= 4 is 15.7 Å². The molecule has 20 heavy (non-hydrogen) atoms. The quantitative estimate of drug-likeness (QED) is 0.786. The van der Waals surface area contributed by atoms with Crippen molar-refractivity contribution in [3.8, 4) is 0 Å². The first-order valence-electron chi connectivity index (χ1n) is 6.63. The molecule has 0 spiro atoms. The average molecular weight is 298 g/mol. The highest BCUT2D eigenvalue weighted by atomic mass is 32.2. The van der Waals surface area contributed by atoms with Crippen molar-refractivity contribution in [1.82, 2.24) is 14.7 Å². The SMILES string of the molecule is Cc1ccc(C)c(S(=O)(=O)NN2CCN(C)CC2)c1N. The molecule has 1 aromatic carbocycles. The van der Waals surface area contributed by atoms with Crippen molar-refractivity contribution in [2.45, 2.75) is 18.7 Å². The lowest BCUT2D eigenvalue weighted by atomic mass is 10.1. The minimum Gasteiger partial charge on any atom is -0.397 e. The standard InChI is InChI=1S/C13H22N4O2S/c1-10-4-5-11(2)13(12(10)14)20(18,19)15-17-8-6-16(3)7-9-17/h4-5,15H,6-9,14H2,1-3H3. The van der Waals surface area contributed by atoms with Crippen molar-refractivity contribution in [2.75, 3.05) is 39.0 Å². The third kappa shape index (κ3) is 3.12. The number of rotatable bonds is 3. The third-order valence-electron chi connectivity index (χ3n) is 3.63. The summed E-state index contributed by atoms with van der Waals surface area (Å²) in [6.45, 7) is 6.58. The number of likely N-dealkylation sites (N-methyl/N-ethyl adjacent to an activating group) is 1. The number of nitrogens with zero attached hydrogens (tertiary/aromatic N) is 2. The normalized spacial score (nSPS) is 18.4. The molecule has 0 amide bonds. The fourth-order valence-electron chi connectivity index (χ4n) is 2.28. The van der Waals surface area contributed by atoms with E-state index in [9.17, 15) is 8.42 Å². The Kier molecular flexibility index (Phi) is 4.33. The third-order valence-corrected chi connectivity index (χ3v) is 5.21. The maximum Gasteiger partial charge on any atom is 0.255 e. The number of nitrogens with one attached hydrogen (secondary N) is 1. The van der Waals surface area contributed by atoms with E-state index >= 15 is 0 Å². The van der Waals surface area contributed by atoms with E-state index in [1.807, 2.05) is 20.0 Å². The molecule has 3 N–H and O–H groups in total. The lowest BCUT2D eigenvalue weighted by molar-refractivity contribution is 0.135. The van der Waals surface area contributed by atoms with Crippen LogP contribution in [0.5, 0.6) is 0 Å². The molecule has 0 radical (unpaired) electrons. The van der Waals surface area contributed by atoms with Crippen LogP contribution in [0, 0.1) is 13.8 Å². The van der Waals surface area contributed by atoms with Gasteiger partial charge in [0.25, 0.3) is 10.0 Å². The second-order valence-corrected chi connectivity index (χ2v) is 6.92. The number of hydrogen-bond acceptors (Lipinski definition) is 5. The number of aryl methyl sites for hydroxylation is 2. The Morgan fingerprint density at radius 3 is 2.25 bits per heavy atom. The Labute approximate surface area is 120 Å². The topological polar surface area (TPSA) is 78.7 Å². The molecule has 1 fully saturated rings. The minimum absolute atomic E-state index is 0.191. The van der Waals surface area contributed by atoms with Gasteiger partial charge in [0.15, 0.2) is 0 Å². The molecule has 0 atom stereocenters. The number of hydrogen-bond donors (Lipinski definition) is 2. The van der Waals surface area contributed by atoms with E-state index in [1.165, 1.54) is 0 Å². The lowest BCUT2D eigenvalue weighted by Crippen LogP contribution is -2.52. The van der Waals surface area contributed by atoms with Crippen LogP contribution in [0.4, 0.5) is 5.69 Å². The van der Waals surface area contributed by atoms with Gasteiger partial charge in [-0.15, -0.1) is 4.83 Å². The Hall–Kier alpha value is -1.15. The van der Waals surface area contributed by atoms with Gasteiger partial charge in [0.1, 0.15) is 4.90 Å². The van der Waals surface area contributed by atoms with Crippen molar-refractivity contribution in [2.24, 2.45) is 0 Å². The summed E-state index contributed by atoms with van der Waals surface area (Å²) >= 11 is 0. The molecule has 6 nitrogen and oxygen atoms in total. The molecular formula is C13H22N4O2S. The molecule has 112 valence electrons. The van der Waals surface area contributed by atoms with Crippen molar-refractivity contribution in [3.05, 3.63) is 23.3 Å². The van der Waals surface area contributed by atoms with Crippen LogP contribution < -0.4 is 10.6 Å². The Bertz CT molecular complexity index is 593. The molecule has 1 aliphatic heterocycles. The molecule has 0 aliphatic carbocycles. The predicted molar refractivity (Wildman–Crippen MR) is 79.7 cm³/mol. The molecule has 1 heterocycles. The zero-order valence-electron chi connectivity index (χ0n) is 12.2. The highest BCUT2D eigenvalue weighted by molar-refractivity contribution is 7.89. The fraction of sp³-hybridized carbons (Fsp3) is 0.538. The molecule has 0 aromatic heterocycles. The second kappa shape index (κ2) is 5.69. The molecular weight excluding hydrogens is 276 g/mol. The lowest BCUT2D eigenvalue weighted by Gasteiger charge is -2.32. The number of sulfonamides is 1. The summed E-state index contributed by atoms with van der Waals surface area (Å²) in [7, 11) is -1.61. The number of nitrogen functional groups attached to an aromatic ring is 1. The molecule has 0 saturated carbocycles. The highest BCUT2D eigenvalue weighted by Gasteiger charge is 2.25. The van der Waals surface area contributed by atoms with Gasteiger partial charge in [-0.05, 0) is 32.0 Å². The smallest absolute Gasteiger partial charge is 0.255 e. The van der Waals surface area contributed by atoms with E-state index in [0.717, 1.165) is 18.7 Å². The molecule has 7 heteroatoms. The van der Waals surface area contributed by atoms with Gasteiger partial charge in [0.05, 0.1) is 5.69 Å². The van der Waals surface area contributed by atoms with Gasteiger partial charge >= 0.3 is 0 Å². The molecule has 1 aromatic rings. The summed E-state index contributed by atoms with van der Waals surface area (Å²) in [4.78, 5) is 4.99. The van der Waals surface area contributed by atoms with Crippen LogP contribution in [-0.2, 0) is 10.0 Å². The van der Waals surface area contributed by atoms with Gasteiger partial charge in [0.2, 0.25) is 0 Å². The summed E-state index contributed by atoms with van der Waals surface area (Å²) in [6, 6.07) is 3.61. The van der Waals surface area contributed by atoms with Gasteiger partial charge in [0, 0.05) is 26.2 Å². The first-order valence-corrected chi connectivity index (χ1v) is 8.11. The summed E-state index contributed by atoms with van der Waals surface area (Å²) in [5.74, 6) is 0. The Morgan fingerprint density at radius 2 is 1.65 bits per heavy atom. The van der Waals surface area contributed by atoms with Crippen LogP contribution in [0.1, 0.15) is 11.1 Å². The number of piperazine rings is 1. The minimum atomic E-state index is -3.63. The zero-order chi connectivity index (χ0) is 14.9. The van der Waals surface area contributed by atoms with Crippen LogP contribution >= 0.6 is 0 Å². The summed E-state index contributed by atoms with van der Waals surface area (Å²) in [5, 5.41) is 1.73. The Morgan fingerprint density at radius 1 is 1.10 bits per heavy atom. The van der Waals surface area contributed by atoms with Gasteiger partial charge in [-0.2, -0.15) is 0 Å². The summed E-state index contributed by atoms with van der Waals surface area (Å²) < 4.78 is 25.1. The van der Waals surface area contributed by atoms with Crippen molar-refractivity contribution < 1.29 is 8.42 Å². The van der Waals surface area contributed by atoms with Gasteiger partial charge in [-0.1, -0.05) is 12.1 Å². The van der Waals surface area contributed by atoms with Crippen LogP contribution in [0.15, 0.2) is 17.0 Å². The molecule has 0 bridgehead atoms. The van der Waals surface area contributed by atoms with Crippen LogP contribution in [0.2, 0.25) is 0 Å². The first-order chi connectivity index (χ1) is 9.31. The predicted octanol–water partition coefficient (Wildman–Crippen LogP) is 0.326. The van der Waals surface area contributed by atoms with Crippen molar-refractivity contribution in [3.63, 3.8) is 0 Å². The zero-order valence-corrected chi connectivity index (χ0v) is 13.0. The monoisotopic (exact) mass is 298 g/mol. The Balaban J connectivity index is 2.25. The maximum absolute atomic E-state index is 12.5. The number of nitrogens with two attached hydrogens (primary N) is 1. The van der Waals surface area contributed by atoms with Crippen LogP contribution in [0.3, 0.4) is 0 Å². The first kappa shape index (κ1) is 15.2. The van der Waals surface area contributed by atoms with E-state index < -0.39 is 10.0 Å². The van der Waals surface area contributed by atoms with Gasteiger partial charge in [-0.3, -0.25) is 0 Å². The van der Waals surface area contributed by atoms with E-state index in [0.29, 0.717) is 24.3 Å². The van der Waals surface area contributed by atoms with E-state index in [4.69, 9.17) is 5.73 Å². The fourth-order valence-corrected chi connectivity index (χ4v) is 3.83. The maximum atomic E-state index is 12.5. The van der Waals surface area contributed by atoms with Gasteiger partial charge < -0.3 is 10.6 Å². The summed E-state index contributed by atoms with van der Waals surface area (Å²) in [5.41, 5.74) is 7.71. The van der Waals surface area contributed by atoms with E-state index in [-0.39, 0.29) is 4.90 Å². The number of hydrazine groups is 1. The summed E-state index contributed by atoms with van der Waals surface area (Å²) in [6.07, 6.45) is 0. The number of anilines is 1. The van der Waals surface area contributed by atoms with Crippen molar-refractivity contribution in [1.29, 1.82) is 0 Å². The molecule has 1 aliphatic rings. The average Bonchev–Trinajstić information content (AvgIpc) is 2.37. The highest BCUT2D eigenvalue weighted by Crippen LogP contribution is 2.25. The largest absolute Gasteiger partial charge is 0.397 e. The van der Waals surface area contributed by atoms with E-state index in [2.05, 4.69) is 9.73 Å². The number of benzene rings is 1. The van der Waals surface area contributed by atoms with Gasteiger partial charge in [-0.25, -0.2) is 13.4 Å². The second-order valence-electron chi connectivity index (χ2n) is 5.33.